The van der Waals surface area contributed by atoms with E-state index in [4.69, 9.17) is 23.3 Å². The molecule has 0 bridgehead atoms. The Morgan fingerprint density at radius 2 is 1.79 bits per heavy atom. The third kappa shape index (κ3) is 2.91. The van der Waals surface area contributed by atoms with Crippen molar-refractivity contribution in [3.8, 4) is 6.07 Å². The molecule has 0 heterocycles. The van der Waals surface area contributed by atoms with Crippen LogP contribution in [0.1, 0.15) is 0 Å². The van der Waals surface area contributed by atoms with Crippen LogP contribution in [0, 0.1) is 17.9 Å². The number of hydrogen-bond donors (Lipinski definition) is 2. The predicted molar refractivity (Wildman–Crippen MR) is 61.7 cm³/mol. The standard InChI is InChI=1S/C8H10N4S2/c1-12-6(8(11)14-3)5(4-9)7(10)13-2/h10-11H2,2-3H3. The molecule has 0 rings (SSSR count). The third-order valence-electron chi connectivity index (χ3n) is 1.38. The van der Waals surface area contributed by atoms with Gasteiger partial charge in [0.15, 0.2) is 0 Å². The molecule has 0 aliphatic carbocycles. The Morgan fingerprint density at radius 3 is 2.07 bits per heavy atom. The van der Waals surface area contributed by atoms with Crippen LogP contribution in [0.3, 0.4) is 0 Å². The molecule has 0 fully saturated rings. The lowest BCUT2D eigenvalue weighted by atomic mass is 10.2. The van der Waals surface area contributed by atoms with Crippen molar-refractivity contribution in [3.05, 3.63) is 32.7 Å². The lowest BCUT2D eigenvalue weighted by Crippen LogP contribution is -2.03. The lowest BCUT2D eigenvalue weighted by molar-refractivity contribution is 1.36. The van der Waals surface area contributed by atoms with Crippen LogP contribution in [0.2, 0.25) is 0 Å². The topological polar surface area (TPSA) is 80.2 Å². The molecule has 4 N–H and O–H groups in total. The number of nitriles is 1. The second kappa shape index (κ2) is 6.25. The zero-order chi connectivity index (χ0) is 11.1. The van der Waals surface area contributed by atoms with E-state index in [9.17, 15) is 0 Å². The summed E-state index contributed by atoms with van der Waals surface area (Å²) in [5.74, 6) is 0. The first kappa shape index (κ1) is 12.8. The lowest BCUT2D eigenvalue weighted by Gasteiger charge is -2.03. The van der Waals surface area contributed by atoms with Crippen LogP contribution in [-0.4, -0.2) is 12.5 Å². The van der Waals surface area contributed by atoms with Crippen molar-refractivity contribution in [1.82, 2.24) is 0 Å². The van der Waals surface area contributed by atoms with Crippen molar-refractivity contribution in [1.29, 1.82) is 5.26 Å². The zero-order valence-electron chi connectivity index (χ0n) is 7.87. The molecule has 0 aliphatic heterocycles. The first-order valence-corrected chi connectivity index (χ1v) is 5.92. The van der Waals surface area contributed by atoms with Crippen molar-refractivity contribution in [3.63, 3.8) is 0 Å². The van der Waals surface area contributed by atoms with Gasteiger partial charge in [-0.1, -0.05) is 0 Å². The maximum Gasteiger partial charge on any atom is 0.235 e. The Hall–Kier alpha value is -1.24. The number of hydrogen-bond acceptors (Lipinski definition) is 5. The van der Waals surface area contributed by atoms with E-state index in [1.165, 1.54) is 23.5 Å². The van der Waals surface area contributed by atoms with Crippen molar-refractivity contribution < 1.29 is 0 Å². The van der Waals surface area contributed by atoms with Gasteiger partial charge in [0.25, 0.3) is 0 Å². The van der Waals surface area contributed by atoms with E-state index in [0.717, 1.165) is 0 Å². The van der Waals surface area contributed by atoms with E-state index in [1.807, 2.05) is 6.07 Å². The zero-order valence-corrected chi connectivity index (χ0v) is 9.50. The van der Waals surface area contributed by atoms with E-state index < -0.39 is 0 Å². The van der Waals surface area contributed by atoms with Gasteiger partial charge in [0.2, 0.25) is 5.70 Å². The van der Waals surface area contributed by atoms with Gasteiger partial charge >= 0.3 is 0 Å². The van der Waals surface area contributed by atoms with Gasteiger partial charge in [-0.25, -0.2) is 4.85 Å². The van der Waals surface area contributed by atoms with Crippen LogP contribution in [0.25, 0.3) is 4.85 Å². The van der Waals surface area contributed by atoms with Gasteiger partial charge in [0.05, 0.1) is 28.3 Å². The second-order valence-electron chi connectivity index (χ2n) is 2.08. The first-order chi connectivity index (χ1) is 6.62. The predicted octanol–water partition coefficient (Wildman–Crippen LogP) is 1.45. The number of nitrogens with two attached hydrogens (primary N) is 2. The Morgan fingerprint density at radius 1 is 1.29 bits per heavy atom. The number of thioether (sulfide) groups is 2. The monoisotopic (exact) mass is 226 g/mol. The van der Waals surface area contributed by atoms with Crippen molar-refractivity contribution in [2.45, 2.75) is 0 Å². The van der Waals surface area contributed by atoms with Gasteiger partial charge in [-0.15, -0.1) is 23.5 Å². The maximum atomic E-state index is 8.83. The highest BCUT2D eigenvalue weighted by atomic mass is 32.2. The highest BCUT2D eigenvalue weighted by molar-refractivity contribution is 8.02. The Balaban J connectivity index is 5.49. The Labute approximate surface area is 91.8 Å². The largest absolute Gasteiger partial charge is 0.402 e. The van der Waals surface area contributed by atoms with Crippen molar-refractivity contribution in [2.24, 2.45) is 11.5 Å². The highest BCUT2D eigenvalue weighted by Gasteiger charge is 2.13. The van der Waals surface area contributed by atoms with Crippen LogP contribution in [0.5, 0.6) is 0 Å². The fourth-order valence-corrected chi connectivity index (χ4v) is 1.35. The summed E-state index contributed by atoms with van der Waals surface area (Å²) < 4.78 is 0. The smallest absolute Gasteiger partial charge is 0.235 e. The van der Waals surface area contributed by atoms with Crippen LogP contribution in [0.4, 0.5) is 0 Å². The minimum atomic E-state index is 0.131. The van der Waals surface area contributed by atoms with Gasteiger partial charge in [0, 0.05) is 0 Å². The van der Waals surface area contributed by atoms with Gasteiger partial charge in [0.1, 0.15) is 0 Å². The van der Waals surface area contributed by atoms with Crippen LogP contribution in [-0.2, 0) is 0 Å². The summed E-state index contributed by atoms with van der Waals surface area (Å²) in [6.45, 7) is 6.92. The summed E-state index contributed by atoms with van der Waals surface area (Å²) in [4.78, 5) is 3.21. The van der Waals surface area contributed by atoms with E-state index in [1.54, 1.807) is 12.5 Å². The average Bonchev–Trinajstić information content (AvgIpc) is 2.23. The minimum absolute atomic E-state index is 0.131. The molecule has 74 valence electrons. The molecule has 0 aromatic carbocycles. The van der Waals surface area contributed by atoms with Crippen LogP contribution >= 0.6 is 23.5 Å². The number of nitrogens with zero attached hydrogens (tertiary/aromatic N) is 2. The summed E-state index contributed by atoms with van der Waals surface area (Å²) in [6, 6.07) is 1.89. The third-order valence-corrected chi connectivity index (χ3v) is 2.66. The Bertz CT molecular complexity index is 321. The van der Waals surface area contributed by atoms with E-state index in [0.29, 0.717) is 10.1 Å². The summed E-state index contributed by atoms with van der Waals surface area (Å²) in [5.41, 5.74) is 11.4. The van der Waals surface area contributed by atoms with Crippen molar-refractivity contribution >= 4 is 23.5 Å². The fraction of sp³-hybridized carbons (Fsp3) is 0.250. The van der Waals surface area contributed by atoms with E-state index in [2.05, 4.69) is 4.85 Å². The molecule has 4 nitrogen and oxygen atoms in total. The quantitative estimate of drug-likeness (QED) is 0.432. The average molecular weight is 226 g/mol. The summed E-state index contributed by atoms with van der Waals surface area (Å²) in [7, 11) is 0. The SMILES string of the molecule is [C-]#[N+]C(=C(N)SC)C(C#N)=C(N)SC. The van der Waals surface area contributed by atoms with Crippen LogP contribution in [0.15, 0.2) is 21.3 Å². The van der Waals surface area contributed by atoms with Gasteiger partial charge in [-0.2, -0.15) is 5.26 Å². The minimum Gasteiger partial charge on any atom is -0.402 e. The molecule has 0 radical (unpaired) electrons. The van der Waals surface area contributed by atoms with Gasteiger partial charge in [-0.3, -0.25) is 0 Å². The molecule has 0 unspecified atom stereocenters. The summed E-state index contributed by atoms with van der Waals surface area (Å²) in [5, 5.41) is 9.46. The summed E-state index contributed by atoms with van der Waals surface area (Å²) >= 11 is 2.44. The molecule has 0 amide bonds. The molecule has 6 heteroatoms. The molecule has 0 spiro atoms. The molecular weight excluding hydrogens is 216 g/mol. The molecule has 0 saturated heterocycles. The molecule has 0 aromatic rings. The molecular formula is C8H10N4S2. The molecule has 0 saturated carbocycles. The number of allylic oxidation sites excluding steroid dienone is 1. The van der Waals surface area contributed by atoms with E-state index >= 15 is 0 Å². The Kier molecular flexibility index (Phi) is 5.70. The van der Waals surface area contributed by atoms with E-state index in [-0.39, 0.29) is 11.3 Å². The molecule has 14 heavy (non-hydrogen) atoms. The highest BCUT2D eigenvalue weighted by Crippen LogP contribution is 2.23. The fourth-order valence-electron chi connectivity index (χ4n) is 0.658. The first-order valence-electron chi connectivity index (χ1n) is 3.47. The molecule has 0 aromatic heterocycles. The molecule has 0 aliphatic rings. The van der Waals surface area contributed by atoms with Crippen molar-refractivity contribution in [2.75, 3.05) is 12.5 Å². The summed E-state index contributed by atoms with van der Waals surface area (Å²) in [6.07, 6.45) is 3.48. The van der Waals surface area contributed by atoms with Gasteiger partial charge < -0.3 is 11.5 Å². The van der Waals surface area contributed by atoms with Gasteiger partial charge in [-0.05, 0) is 12.5 Å². The molecule has 0 atom stereocenters. The number of rotatable bonds is 3. The second-order valence-corrected chi connectivity index (χ2v) is 3.78. The van der Waals surface area contributed by atoms with Crippen LogP contribution < -0.4 is 11.5 Å². The maximum absolute atomic E-state index is 8.83. The normalized spacial score (nSPS) is 13.4.